The van der Waals surface area contributed by atoms with Crippen LogP contribution in [0.3, 0.4) is 0 Å². The number of hydrogen-bond donors (Lipinski definition) is 2. The fourth-order valence-electron chi connectivity index (χ4n) is 4.39. The highest BCUT2D eigenvalue weighted by molar-refractivity contribution is 7.92. The predicted octanol–water partition coefficient (Wildman–Crippen LogP) is 5.52. The van der Waals surface area contributed by atoms with E-state index >= 15 is 0 Å². The first-order chi connectivity index (χ1) is 16.8. The molecular formula is C28H27N3O3S. The van der Waals surface area contributed by atoms with E-state index in [-0.39, 0.29) is 10.8 Å². The third-order valence-electron chi connectivity index (χ3n) is 6.60. The summed E-state index contributed by atoms with van der Waals surface area (Å²) >= 11 is 0. The maximum Gasteiger partial charge on any atom is 0.261 e. The van der Waals surface area contributed by atoms with E-state index in [2.05, 4.69) is 27.9 Å². The number of nitrogens with zero attached hydrogens (tertiary/aromatic N) is 1. The molecule has 0 saturated heterocycles. The summed E-state index contributed by atoms with van der Waals surface area (Å²) in [5, 5.41) is 1.19. The number of sulfonamides is 1. The topological polar surface area (TPSA) is 82.3 Å². The first-order valence-corrected chi connectivity index (χ1v) is 13.0. The number of aromatic nitrogens is 1. The first-order valence-electron chi connectivity index (χ1n) is 11.6. The van der Waals surface area contributed by atoms with Crippen LogP contribution >= 0.6 is 0 Å². The number of nitrogens with one attached hydrogen (secondary N) is 2. The van der Waals surface area contributed by atoms with Crippen LogP contribution < -0.4 is 4.72 Å². The molecule has 0 unspecified atom stereocenters. The second kappa shape index (κ2) is 9.07. The summed E-state index contributed by atoms with van der Waals surface area (Å²) in [6.07, 6.45) is 4.93. The Morgan fingerprint density at radius 1 is 0.971 bits per heavy atom. The number of para-hydroxylation sites is 1. The van der Waals surface area contributed by atoms with Gasteiger partial charge in [-0.15, -0.1) is 0 Å². The normalized spacial score (nSPS) is 14.1. The molecule has 0 atom stereocenters. The molecule has 178 valence electrons. The van der Waals surface area contributed by atoms with Crippen LogP contribution in [0.5, 0.6) is 0 Å². The molecule has 1 amide bonds. The van der Waals surface area contributed by atoms with Crippen LogP contribution in [0.1, 0.15) is 33.5 Å². The summed E-state index contributed by atoms with van der Waals surface area (Å²) in [4.78, 5) is 18.4. The van der Waals surface area contributed by atoms with Crippen molar-refractivity contribution >= 4 is 38.1 Å². The average molecular weight is 486 g/mol. The number of aromatic amines is 1. The molecule has 5 rings (SSSR count). The van der Waals surface area contributed by atoms with Gasteiger partial charge in [0, 0.05) is 47.0 Å². The third-order valence-corrected chi connectivity index (χ3v) is 7.98. The van der Waals surface area contributed by atoms with Gasteiger partial charge in [-0.05, 0) is 79.4 Å². The summed E-state index contributed by atoms with van der Waals surface area (Å²) in [6, 6.07) is 19.8. The van der Waals surface area contributed by atoms with Gasteiger partial charge < -0.3 is 9.88 Å². The van der Waals surface area contributed by atoms with E-state index < -0.39 is 10.0 Å². The van der Waals surface area contributed by atoms with E-state index in [1.807, 2.05) is 37.1 Å². The summed E-state index contributed by atoms with van der Waals surface area (Å²) < 4.78 is 28.1. The number of anilines is 1. The Bertz CT molecular complexity index is 1550. The van der Waals surface area contributed by atoms with Crippen LogP contribution in [0.15, 0.2) is 83.9 Å². The van der Waals surface area contributed by atoms with E-state index in [0.717, 1.165) is 23.1 Å². The van der Waals surface area contributed by atoms with Crippen LogP contribution in [-0.4, -0.2) is 37.3 Å². The molecule has 0 radical (unpaired) electrons. The lowest BCUT2D eigenvalue weighted by Crippen LogP contribution is -2.34. The van der Waals surface area contributed by atoms with Gasteiger partial charge in [0.2, 0.25) is 0 Å². The van der Waals surface area contributed by atoms with Gasteiger partial charge in [-0.2, -0.15) is 0 Å². The van der Waals surface area contributed by atoms with E-state index in [1.54, 1.807) is 42.5 Å². The summed E-state index contributed by atoms with van der Waals surface area (Å²) in [5.74, 6) is -0.0669. The molecule has 2 heterocycles. The smallest absolute Gasteiger partial charge is 0.261 e. The Morgan fingerprint density at radius 3 is 2.46 bits per heavy atom. The highest BCUT2D eigenvalue weighted by Gasteiger charge is 2.21. The van der Waals surface area contributed by atoms with Crippen molar-refractivity contribution in [3.05, 3.63) is 101 Å². The Balaban J connectivity index is 1.27. The quantitative estimate of drug-likeness (QED) is 0.391. The molecule has 7 heteroatoms. The van der Waals surface area contributed by atoms with E-state index in [9.17, 15) is 13.2 Å². The van der Waals surface area contributed by atoms with Crippen molar-refractivity contribution in [1.29, 1.82) is 0 Å². The van der Waals surface area contributed by atoms with Crippen molar-refractivity contribution in [3.63, 3.8) is 0 Å². The maximum atomic E-state index is 13.0. The third kappa shape index (κ3) is 4.59. The molecule has 0 aliphatic carbocycles. The van der Waals surface area contributed by atoms with Gasteiger partial charge in [0.1, 0.15) is 0 Å². The number of carbonyl (C=O) groups is 1. The van der Waals surface area contributed by atoms with Gasteiger partial charge in [-0.3, -0.25) is 9.52 Å². The predicted molar refractivity (Wildman–Crippen MR) is 140 cm³/mol. The zero-order chi connectivity index (χ0) is 24.6. The molecule has 3 aromatic carbocycles. The molecule has 6 nitrogen and oxygen atoms in total. The van der Waals surface area contributed by atoms with Gasteiger partial charge in [0.05, 0.1) is 4.90 Å². The Labute approximate surface area is 205 Å². The minimum absolute atomic E-state index is 0.0669. The molecule has 1 aromatic heterocycles. The zero-order valence-corrected chi connectivity index (χ0v) is 20.5. The van der Waals surface area contributed by atoms with Crippen molar-refractivity contribution in [3.8, 4) is 0 Å². The molecule has 0 bridgehead atoms. The number of hydrogen-bond acceptors (Lipinski definition) is 3. The highest BCUT2D eigenvalue weighted by Crippen LogP contribution is 2.29. The summed E-state index contributed by atoms with van der Waals surface area (Å²) in [5.41, 5.74) is 6.43. The number of fused-ring (bicyclic) bond motifs is 1. The fourth-order valence-corrected chi connectivity index (χ4v) is 5.54. The van der Waals surface area contributed by atoms with Crippen LogP contribution in [0.2, 0.25) is 0 Å². The Morgan fingerprint density at radius 2 is 1.74 bits per heavy atom. The number of carbonyl (C=O) groups excluding carboxylic acids is 1. The van der Waals surface area contributed by atoms with Crippen molar-refractivity contribution in [2.24, 2.45) is 0 Å². The molecule has 2 N–H and O–H groups in total. The molecule has 1 aliphatic rings. The van der Waals surface area contributed by atoms with Gasteiger partial charge in [0.15, 0.2) is 0 Å². The summed E-state index contributed by atoms with van der Waals surface area (Å²) in [7, 11) is -3.71. The molecule has 0 saturated carbocycles. The minimum atomic E-state index is -3.71. The SMILES string of the molecule is Cc1ccc(S(=O)(=O)Nc2ccc(C(=O)N3CC=C(c4c[nH]c5ccccc45)CC3)cc2)cc1C. The number of benzene rings is 3. The molecule has 0 spiro atoms. The summed E-state index contributed by atoms with van der Waals surface area (Å²) in [6.45, 7) is 4.99. The van der Waals surface area contributed by atoms with Crippen molar-refractivity contribution in [1.82, 2.24) is 9.88 Å². The minimum Gasteiger partial charge on any atom is -0.361 e. The monoisotopic (exact) mass is 485 g/mol. The van der Waals surface area contributed by atoms with Crippen molar-refractivity contribution in [2.45, 2.75) is 25.2 Å². The van der Waals surface area contributed by atoms with Gasteiger partial charge >= 0.3 is 0 Å². The Hall–Kier alpha value is -3.84. The number of H-pyrrole nitrogens is 1. The first kappa shape index (κ1) is 22.9. The van der Waals surface area contributed by atoms with Crippen LogP contribution in [0.25, 0.3) is 16.5 Å². The number of aryl methyl sites for hydroxylation is 2. The lowest BCUT2D eigenvalue weighted by Gasteiger charge is -2.26. The van der Waals surface area contributed by atoms with E-state index in [1.165, 1.54) is 16.5 Å². The number of rotatable bonds is 5. The van der Waals surface area contributed by atoms with Crippen LogP contribution in [0, 0.1) is 13.8 Å². The van der Waals surface area contributed by atoms with Gasteiger partial charge in [0.25, 0.3) is 15.9 Å². The highest BCUT2D eigenvalue weighted by atomic mass is 32.2. The van der Waals surface area contributed by atoms with Gasteiger partial charge in [-0.1, -0.05) is 30.3 Å². The molecule has 0 fully saturated rings. The standard InChI is InChI=1S/C28H27N3O3S/c1-19-7-12-24(17-20(19)2)35(33,34)30-23-10-8-22(9-11-23)28(32)31-15-13-21(14-16-31)26-18-29-27-6-4-3-5-25(26)27/h3-13,17-18,29-30H,14-16H2,1-2H3. The maximum absolute atomic E-state index is 13.0. The largest absolute Gasteiger partial charge is 0.361 e. The van der Waals surface area contributed by atoms with E-state index in [4.69, 9.17) is 0 Å². The second-order valence-corrected chi connectivity index (χ2v) is 10.6. The average Bonchev–Trinajstić information content (AvgIpc) is 3.30. The van der Waals surface area contributed by atoms with Crippen molar-refractivity contribution in [2.75, 3.05) is 17.8 Å². The molecule has 1 aliphatic heterocycles. The van der Waals surface area contributed by atoms with Gasteiger partial charge in [-0.25, -0.2) is 8.42 Å². The molecule has 35 heavy (non-hydrogen) atoms. The van der Waals surface area contributed by atoms with Crippen LogP contribution in [0.4, 0.5) is 5.69 Å². The molecule has 4 aromatic rings. The van der Waals surface area contributed by atoms with Crippen LogP contribution in [-0.2, 0) is 10.0 Å². The lowest BCUT2D eigenvalue weighted by molar-refractivity contribution is 0.0773. The zero-order valence-electron chi connectivity index (χ0n) is 19.7. The lowest BCUT2D eigenvalue weighted by atomic mass is 9.98. The second-order valence-electron chi connectivity index (χ2n) is 8.91. The van der Waals surface area contributed by atoms with E-state index in [0.29, 0.717) is 24.3 Å². The van der Waals surface area contributed by atoms with Crippen molar-refractivity contribution < 1.29 is 13.2 Å². The number of amides is 1. The molecular weight excluding hydrogens is 458 g/mol. The Kier molecular flexibility index (Phi) is 5.94. The fraction of sp³-hybridized carbons (Fsp3) is 0.179.